The van der Waals surface area contributed by atoms with Crippen molar-refractivity contribution in [2.24, 2.45) is 0 Å². The van der Waals surface area contributed by atoms with Crippen molar-refractivity contribution in [2.45, 2.75) is 36.7 Å². The van der Waals surface area contributed by atoms with E-state index in [0.29, 0.717) is 12.8 Å². The van der Waals surface area contributed by atoms with Crippen molar-refractivity contribution in [3.63, 3.8) is 0 Å². The van der Waals surface area contributed by atoms with Crippen LogP contribution in [-0.2, 0) is 29.6 Å². The van der Waals surface area contributed by atoms with Crippen LogP contribution in [0.15, 0.2) is 59.5 Å². The van der Waals surface area contributed by atoms with E-state index in [1.807, 2.05) is 37.3 Å². The molecule has 0 atom stereocenters. The molecule has 2 aromatic carbocycles. The van der Waals surface area contributed by atoms with Gasteiger partial charge in [0, 0.05) is 31.5 Å². The number of benzene rings is 2. The lowest BCUT2D eigenvalue weighted by Gasteiger charge is -2.41. The minimum absolute atomic E-state index is 0.249. The summed E-state index contributed by atoms with van der Waals surface area (Å²) in [5, 5.41) is 0. The van der Waals surface area contributed by atoms with Gasteiger partial charge in [0.2, 0.25) is 22.1 Å². The van der Waals surface area contributed by atoms with E-state index >= 15 is 0 Å². The molecule has 2 aromatic rings. The minimum Gasteiger partial charge on any atom is -0.207 e. The Labute approximate surface area is 158 Å². The molecule has 27 heavy (non-hydrogen) atoms. The van der Waals surface area contributed by atoms with Crippen LogP contribution in [0, 0.1) is 6.92 Å². The number of sulfonamides is 1. The normalized spacial score (nSPS) is 21.4. The first-order valence-corrected chi connectivity index (χ1v) is 10.2. The monoisotopic (exact) mass is 391 g/mol. The highest BCUT2D eigenvalue weighted by Gasteiger charge is 2.46. The Morgan fingerprint density at radius 3 is 2.11 bits per heavy atom. The van der Waals surface area contributed by atoms with Gasteiger partial charge in [0.25, 0.3) is 0 Å². The second-order valence-electron chi connectivity index (χ2n) is 6.73. The summed E-state index contributed by atoms with van der Waals surface area (Å²) in [4.78, 5) is 22.0. The van der Waals surface area contributed by atoms with Crippen molar-refractivity contribution >= 4 is 10.0 Å². The Kier molecular flexibility index (Phi) is 5.02. The molecule has 2 aliphatic rings. The van der Waals surface area contributed by atoms with Crippen LogP contribution in [0.1, 0.15) is 30.3 Å². The molecule has 0 aromatic heterocycles. The number of hydrogen-bond donors (Lipinski definition) is 0. The molecule has 0 N–H and O–H groups in total. The molecule has 0 amide bonds. The molecule has 0 aliphatic carbocycles. The van der Waals surface area contributed by atoms with Gasteiger partial charge >= 0.3 is 0 Å². The van der Waals surface area contributed by atoms with Crippen molar-refractivity contribution in [2.75, 3.05) is 13.1 Å². The van der Waals surface area contributed by atoms with Gasteiger partial charge in [-0.3, -0.25) is 0 Å². The van der Waals surface area contributed by atoms with E-state index < -0.39 is 22.1 Å². The standard InChI is InChI=1S/C19H21NO6S/c1-15-7-9-17(10-8-15)27(21,22)20-13-11-19(12-14-20)25-23-18(24-26-19)16-5-3-2-4-6-16/h2-10,18H,11-14H2,1H3. The Morgan fingerprint density at radius 2 is 1.52 bits per heavy atom. The Balaban J connectivity index is 1.38. The molecule has 2 saturated heterocycles. The van der Waals surface area contributed by atoms with E-state index in [4.69, 9.17) is 19.6 Å². The molecule has 0 unspecified atom stereocenters. The third-order valence-corrected chi connectivity index (χ3v) is 6.70. The van der Waals surface area contributed by atoms with E-state index in [1.54, 1.807) is 24.3 Å². The average molecular weight is 391 g/mol. The number of aryl methyl sites for hydroxylation is 1. The fourth-order valence-corrected chi connectivity index (χ4v) is 4.55. The smallest absolute Gasteiger partial charge is 0.207 e. The van der Waals surface area contributed by atoms with Gasteiger partial charge in [0.15, 0.2) is 0 Å². The van der Waals surface area contributed by atoms with Gasteiger partial charge in [-0.2, -0.15) is 23.9 Å². The number of rotatable bonds is 3. The van der Waals surface area contributed by atoms with E-state index in [0.717, 1.165) is 11.1 Å². The number of piperidine rings is 1. The average Bonchev–Trinajstić information content (AvgIpc) is 2.70. The molecule has 2 heterocycles. The summed E-state index contributed by atoms with van der Waals surface area (Å²) < 4.78 is 27.0. The summed E-state index contributed by atoms with van der Waals surface area (Å²) in [6, 6.07) is 16.1. The highest BCUT2D eigenvalue weighted by Crippen LogP contribution is 2.38. The van der Waals surface area contributed by atoms with Gasteiger partial charge < -0.3 is 0 Å². The molecule has 0 radical (unpaired) electrons. The Hall–Kier alpha value is -1.81. The quantitative estimate of drug-likeness (QED) is 0.749. The van der Waals surface area contributed by atoms with Crippen LogP contribution in [0.2, 0.25) is 0 Å². The molecule has 7 nitrogen and oxygen atoms in total. The summed E-state index contributed by atoms with van der Waals surface area (Å²) in [6.45, 7) is 2.42. The highest BCUT2D eigenvalue weighted by molar-refractivity contribution is 7.89. The molecule has 0 bridgehead atoms. The molecule has 0 saturated carbocycles. The fraction of sp³-hybridized carbons (Fsp3) is 0.368. The second kappa shape index (κ2) is 7.31. The first kappa shape index (κ1) is 18.5. The predicted molar refractivity (Wildman–Crippen MR) is 95.4 cm³/mol. The first-order valence-electron chi connectivity index (χ1n) is 8.79. The van der Waals surface area contributed by atoms with Crippen molar-refractivity contribution in [3.8, 4) is 0 Å². The van der Waals surface area contributed by atoms with Crippen molar-refractivity contribution in [1.82, 2.24) is 4.31 Å². The van der Waals surface area contributed by atoms with Crippen LogP contribution in [0.3, 0.4) is 0 Å². The number of hydrogen-bond acceptors (Lipinski definition) is 6. The van der Waals surface area contributed by atoms with Gasteiger partial charge in [0.05, 0.1) is 4.90 Å². The first-order chi connectivity index (χ1) is 13.0. The summed E-state index contributed by atoms with van der Waals surface area (Å²) in [7, 11) is -3.55. The van der Waals surface area contributed by atoms with Gasteiger partial charge in [-0.05, 0) is 19.1 Å². The van der Waals surface area contributed by atoms with Crippen LogP contribution in [0.5, 0.6) is 0 Å². The fourth-order valence-electron chi connectivity index (χ4n) is 3.11. The van der Waals surface area contributed by atoms with E-state index in [-0.39, 0.29) is 18.0 Å². The van der Waals surface area contributed by atoms with E-state index in [9.17, 15) is 8.42 Å². The summed E-state index contributed by atoms with van der Waals surface area (Å²) >= 11 is 0. The Bertz CT molecular complexity index is 866. The third kappa shape index (κ3) is 3.77. The molecular weight excluding hydrogens is 370 g/mol. The van der Waals surface area contributed by atoms with E-state index in [2.05, 4.69) is 0 Å². The predicted octanol–water partition coefficient (Wildman–Crippen LogP) is 3.08. The molecular formula is C19H21NO6S. The zero-order valence-corrected chi connectivity index (χ0v) is 15.7. The van der Waals surface area contributed by atoms with Crippen LogP contribution in [0.25, 0.3) is 0 Å². The summed E-state index contributed by atoms with van der Waals surface area (Å²) in [6.07, 6.45) is -0.162. The molecule has 4 rings (SSSR count). The molecule has 144 valence electrons. The van der Waals surface area contributed by atoms with Crippen LogP contribution in [-0.4, -0.2) is 31.6 Å². The lowest BCUT2D eigenvalue weighted by atomic mass is 10.1. The molecule has 1 spiro atoms. The maximum absolute atomic E-state index is 12.8. The lowest BCUT2D eigenvalue weighted by Crippen LogP contribution is -2.51. The highest BCUT2D eigenvalue weighted by atomic mass is 32.2. The molecule has 2 aliphatic heterocycles. The second-order valence-corrected chi connectivity index (χ2v) is 8.67. The topological polar surface area (TPSA) is 74.3 Å². The van der Waals surface area contributed by atoms with Crippen molar-refractivity contribution in [1.29, 1.82) is 0 Å². The number of nitrogens with zero attached hydrogens (tertiary/aromatic N) is 1. The molecule has 2 fully saturated rings. The van der Waals surface area contributed by atoms with Crippen LogP contribution >= 0.6 is 0 Å². The molecule has 8 heteroatoms. The summed E-state index contributed by atoms with van der Waals surface area (Å²) in [5.74, 6) is -1.09. The van der Waals surface area contributed by atoms with Gasteiger partial charge in [0.1, 0.15) is 0 Å². The van der Waals surface area contributed by atoms with Gasteiger partial charge in [-0.1, -0.05) is 48.0 Å². The largest absolute Gasteiger partial charge is 0.249 e. The maximum Gasteiger partial charge on any atom is 0.249 e. The lowest BCUT2D eigenvalue weighted by molar-refractivity contribution is -0.633. The third-order valence-electron chi connectivity index (χ3n) is 4.79. The van der Waals surface area contributed by atoms with Crippen LogP contribution in [0.4, 0.5) is 0 Å². The van der Waals surface area contributed by atoms with Crippen molar-refractivity contribution in [3.05, 3.63) is 65.7 Å². The zero-order valence-electron chi connectivity index (χ0n) is 14.9. The zero-order chi connectivity index (χ0) is 18.9. The van der Waals surface area contributed by atoms with E-state index in [1.165, 1.54) is 4.31 Å². The Morgan fingerprint density at radius 1 is 0.926 bits per heavy atom. The summed E-state index contributed by atoms with van der Waals surface area (Å²) in [5.41, 5.74) is 1.78. The van der Waals surface area contributed by atoms with Crippen LogP contribution < -0.4 is 0 Å². The minimum atomic E-state index is -3.55. The van der Waals surface area contributed by atoms with Gasteiger partial charge in [-0.15, -0.1) is 0 Å². The SMILES string of the molecule is Cc1ccc(S(=O)(=O)N2CCC3(CC2)OOC(c2ccccc2)OO3)cc1. The van der Waals surface area contributed by atoms with Crippen molar-refractivity contribution < 1.29 is 28.0 Å². The maximum atomic E-state index is 12.8. The van der Waals surface area contributed by atoms with Gasteiger partial charge in [-0.25, -0.2) is 8.42 Å².